The maximum absolute atomic E-state index is 12.9. The zero-order valence-corrected chi connectivity index (χ0v) is 14.6. The number of ether oxygens (including phenoxy) is 1. The molecule has 0 aromatic heterocycles. The second-order valence-electron chi connectivity index (χ2n) is 6.34. The number of benzene rings is 2. The molecule has 136 valence electrons. The Labute approximate surface area is 151 Å². The summed E-state index contributed by atoms with van der Waals surface area (Å²) in [5.41, 5.74) is 1.64. The van der Waals surface area contributed by atoms with Gasteiger partial charge in [0.2, 0.25) is 11.8 Å². The second kappa shape index (κ2) is 7.99. The van der Waals surface area contributed by atoms with Crippen LogP contribution in [0.1, 0.15) is 12.0 Å². The third kappa shape index (κ3) is 4.39. The molecule has 5 nitrogen and oxygen atoms in total. The summed E-state index contributed by atoms with van der Waals surface area (Å²) >= 11 is 0. The van der Waals surface area contributed by atoms with E-state index in [0.29, 0.717) is 30.9 Å². The van der Waals surface area contributed by atoms with Crippen LogP contribution in [0, 0.1) is 11.7 Å². The first-order valence-electron chi connectivity index (χ1n) is 8.52. The minimum absolute atomic E-state index is 0.0259. The van der Waals surface area contributed by atoms with Crippen molar-refractivity contribution in [3.05, 3.63) is 59.9 Å². The van der Waals surface area contributed by atoms with Crippen molar-refractivity contribution in [2.75, 3.05) is 25.5 Å². The van der Waals surface area contributed by atoms with Crippen LogP contribution in [0.2, 0.25) is 0 Å². The van der Waals surface area contributed by atoms with Crippen molar-refractivity contribution in [1.29, 1.82) is 0 Å². The van der Waals surface area contributed by atoms with Gasteiger partial charge >= 0.3 is 0 Å². The third-order valence-electron chi connectivity index (χ3n) is 4.53. The van der Waals surface area contributed by atoms with E-state index in [2.05, 4.69) is 5.32 Å². The normalized spacial score (nSPS) is 16.6. The second-order valence-corrected chi connectivity index (χ2v) is 6.34. The minimum Gasteiger partial charge on any atom is -0.497 e. The number of hydrogen-bond donors (Lipinski definition) is 1. The lowest BCUT2D eigenvalue weighted by atomic mass is 10.1. The van der Waals surface area contributed by atoms with E-state index >= 15 is 0 Å². The molecule has 3 rings (SSSR count). The lowest BCUT2D eigenvalue weighted by Gasteiger charge is -2.16. The molecular formula is C20H21FN2O3. The Morgan fingerprint density at radius 3 is 2.54 bits per heavy atom. The van der Waals surface area contributed by atoms with E-state index in [1.165, 1.54) is 12.1 Å². The highest BCUT2D eigenvalue weighted by Crippen LogP contribution is 2.21. The van der Waals surface area contributed by atoms with Crippen molar-refractivity contribution in [2.24, 2.45) is 5.92 Å². The zero-order valence-electron chi connectivity index (χ0n) is 14.6. The SMILES string of the molecule is COc1ccc(NC(=O)[C@H]2CC(=O)N(CCc3ccc(F)cc3)C2)cc1. The first-order valence-corrected chi connectivity index (χ1v) is 8.52. The maximum atomic E-state index is 12.9. The molecule has 0 aliphatic carbocycles. The number of halogens is 1. The molecule has 1 heterocycles. The summed E-state index contributed by atoms with van der Waals surface area (Å²) in [4.78, 5) is 26.3. The maximum Gasteiger partial charge on any atom is 0.229 e. The number of nitrogens with zero attached hydrogens (tertiary/aromatic N) is 1. The predicted molar refractivity (Wildman–Crippen MR) is 96.4 cm³/mol. The van der Waals surface area contributed by atoms with Gasteiger partial charge in [0, 0.05) is 25.2 Å². The summed E-state index contributed by atoms with van der Waals surface area (Å²) in [7, 11) is 1.58. The van der Waals surface area contributed by atoms with Crippen molar-refractivity contribution >= 4 is 17.5 Å². The van der Waals surface area contributed by atoms with E-state index in [4.69, 9.17) is 4.74 Å². The molecule has 1 atom stereocenters. The molecule has 2 aromatic carbocycles. The summed E-state index contributed by atoms with van der Waals surface area (Å²) in [6, 6.07) is 13.3. The van der Waals surface area contributed by atoms with Gasteiger partial charge in [0.25, 0.3) is 0 Å². The summed E-state index contributed by atoms with van der Waals surface area (Å²) < 4.78 is 18.0. The number of carbonyl (C=O) groups is 2. The summed E-state index contributed by atoms with van der Waals surface area (Å²) in [6.45, 7) is 0.929. The number of nitrogens with one attached hydrogen (secondary N) is 1. The summed E-state index contributed by atoms with van der Waals surface area (Å²) in [5.74, 6) is -0.111. The summed E-state index contributed by atoms with van der Waals surface area (Å²) in [5, 5.41) is 2.84. The lowest BCUT2D eigenvalue weighted by molar-refractivity contribution is -0.128. The number of amides is 2. The molecule has 0 bridgehead atoms. The van der Waals surface area contributed by atoms with Gasteiger partial charge in [0.1, 0.15) is 11.6 Å². The number of hydrogen-bond acceptors (Lipinski definition) is 3. The van der Waals surface area contributed by atoms with Gasteiger partial charge in [-0.05, 0) is 48.4 Å². The number of likely N-dealkylation sites (tertiary alicyclic amines) is 1. The molecule has 0 radical (unpaired) electrons. The molecule has 1 N–H and O–H groups in total. The first kappa shape index (κ1) is 17.9. The van der Waals surface area contributed by atoms with Crippen molar-refractivity contribution in [3.63, 3.8) is 0 Å². The molecule has 1 aliphatic rings. The monoisotopic (exact) mass is 356 g/mol. The van der Waals surface area contributed by atoms with Crippen molar-refractivity contribution in [2.45, 2.75) is 12.8 Å². The van der Waals surface area contributed by atoms with Gasteiger partial charge < -0.3 is 15.0 Å². The van der Waals surface area contributed by atoms with Gasteiger partial charge in [-0.3, -0.25) is 9.59 Å². The Hall–Kier alpha value is -2.89. The van der Waals surface area contributed by atoms with Crippen molar-refractivity contribution in [3.8, 4) is 5.75 Å². The molecule has 1 fully saturated rings. The molecule has 1 aliphatic heterocycles. The van der Waals surface area contributed by atoms with Crippen LogP contribution in [0.3, 0.4) is 0 Å². The van der Waals surface area contributed by atoms with Crippen molar-refractivity contribution in [1.82, 2.24) is 4.90 Å². The quantitative estimate of drug-likeness (QED) is 0.866. The van der Waals surface area contributed by atoms with E-state index in [1.807, 2.05) is 0 Å². The zero-order chi connectivity index (χ0) is 18.5. The average molecular weight is 356 g/mol. The van der Waals surface area contributed by atoms with E-state index < -0.39 is 0 Å². The fourth-order valence-electron chi connectivity index (χ4n) is 3.00. The number of anilines is 1. The van der Waals surface area contributed by atoms with E-state index in [-0.39, 0.29) is 30.0 Å². The number of methoxy groups -OCH3 is 1. The van der Waals surface area contributed by atoms with Gasteiger partial charge in [-0.15, -0.1) is 0 Å². The van der Waals surface area contributed by atoms with Crippen molar-refractivity contribution < 1.29 is 18.7 Å². The van der Waals surface area contributed by atoms with Crippen LogP contribution in [0.4, 0.5) is 10.1 Å². The molecule has 26 heavy (non-hydrogen) atoms. The van der Waals surface area contributed by atoms with Crippen LogP contribution in [0.25, 0.3) is 0 Å². The lowest BCUT2D eigenvalue weighted by Crippen LogP contribution is -2.30. The fourth-order valence-corrected chi connectivity index (χ4v) is 3.00. The van der Waals surface area contributed by atoms with Crippen LogP contribution in [0.5, 0.6) is 5.75 Å². The minimum atomic E-state index is -0.363. The predicted octanol–water partition coefficient (Wildman–Crippen LogP) is 2.86. The smallest absolute Gasteiger partial charge is 0.229 e. The van der Waals surface area contributed by atoms with Gasteiger partial charge in [0.15, 0.2) is 0 Å². The first-order chi connectivity index (χ1) is 12.5. The molecule has 6 heteroatoms. The topological polar surface area (TPSA) is 58.6 Å². The highest BCUT2D eigenvalue weighted by Gasteiger charge is 2.33. The summed E-state index contributed by atoms with van der Waals surface area (Å²) in [6.07, 6.45) is 0.851. The van der Waals surface area contributed by atoms with Crippen LogP contribution in [0.15, 0.2) is 48.5 Å². The molecule has 0 spiro atoms. The molecule has 2 aromatic rings. The van der Waals surface area contributed by atoms with Crippen LogP contribution < -0.4 is 10.1 Å². The Bertz CT molecular complexity index is 775. The largest absolute Gasteiger partial charge is 0.497 e. The van der Waals surface area contributed by atoms with E-state index in [0.717, 1.165) is 5.56 Å². The number of carbonyl (C=O) groups excluding carboxylic acids is 2. The molecular weight excluding hydrogens is 335 g/mol. The van der Waals surface area contributed by atoms with Gasteiger partial charge in [-0.2, -0.15) is 0 Å². The molecule has 0 saturated carbocycles. The van der Waals surface area contributed by atoms with Crippen LogP contribution in [-0.4, -0.2) is 36.9 Å². The highest BCUT2D eigenvalue weighted by atomic mass is 19.1. The molecule has 0 unspecified atom stereocenters. The Kier molecular flexibility index (Phi) is 5.51. The Balaban J connectivity index is 1.52. The number of rotatable bonds is 6. The van der Waals surface area contributed by atoms with E-state index in [1.54, 1.807) is 48.4 Å². The molecule has 2 amide bonds. The Morgan fingerprint density at radius 1 is 1.19 bits per heavy atom. The fraction of sp³-hybridized carbons (Fsp3) is 0.300. The van der Waals surface area contributed by atoms with Crippen LogP contribution in [-0.2, 0) is 16.0 Å². The Morgan fingerprint density at radius 2 is 1.88 bits per heavy atom. The molecule has 1 saturated heterocycles. The third-order valence-corrected chi connectivity index (χ3v) is 4.53. The van der Waals surface area contributed by atoms with Crippen LogP contribution >= 0.6 is 0 Å². The van der Waals surface area contributed by atoms with Gasteiger partial charge in [-0.1, -0.05) is 12.1 Å². The highest BCUT2D eigenvalue weighted by molar-refractivity contribution is 5.97. The van der Waals surface area contributed by atoms with Gasteiger partial charge in [0.05, 0.1) is 13.0 Å². The van der Waals surface area contributed by atoms with E-state index in [9.17, 15) is 14.0 Å². The average Bonchev–Trinajstić information content (AvgIpc) is 3.03. The van der Waals surface area contributed by atoms with Gasteiger partial charge in [-0.25, -0.2) is 4.39 Å². The standard InChI is InChI=1S/C20H21FN2O3/c1-26-18-8-6-17(7-9-18)22-20(25)15-12-19(24)23(13-15)11-10-14-2-4-16(21)5-3-14/h2-9,15H,10-13H2,1H3,(H,22,25)/t15-/m0/s1.